The molecule has 0 fully saturated rings. The standard InChI is InChI=1S/C18H18N2/c1-13-7-9-15(10-8-13)14(2)20-18-17-6-4-3-5-16(17)11-12-19-18/h3-12,14H,1-2H3,(H,19,20). The Labute approximate surface area is 119 Å². The third kappa shape index (κ3) is 2.50. The highest BCUT2D eigenvalue weighted by atomic mass is 15.0. The molecule has 0 radical (unpaired) electrons. The van der Waals surface area contributed by atoms with E-state index >= 15 is 0 Å². The van der Waals surface area contributed by atoms with Gasteiger partial charge in [-0.3, -0.25) is 0 Å². The summed E-state index contributed by atoms with van der Waals surface area (Å²) in [7, 11) is 0. The quantitative estimate of drug-likeness (QED) is 0.739. The molecule has 20 heavy (non-hydrogen) atoms. The van der Waals surface area contributed by atoms with Crippen molar-refractivity contribution in [3.63, 3.8) is 0 Å². The number of nitrogens with zero attached hydrogens (tertiary/aromatic N) is 1. The minimum absolute atomic E-state index is 0.230. The van der Waals surface area contributed by atoms with Crippen molar-refractivity contribution in [1.29, 1.82) is 0 Å². The van der Waals surface area contributed by atoms with Crippen LogP contribution in [-0.4, -0.2) is 4.98 Å². The first-order chi connectivity index (χ1) is 9.74. The molecule has 3 rings (SSSR count). The Hall–Kier alpha value is -2.35. The number of pyridine rings is 1. The van der Waals surface area contributed by atoms with Gasteiger partial charge in [0.1, 0.15) is 5.82 Å². The molecule has 0 saturated heterocycles. The number of rotatable bonds is 3. The second-order valence-corrected chi connectivity index (χ2v) is 5.16. The van der Waals surface area contributed by atoms with E-state index in [0.717, 1.165) is 11.2 Å². The summed E-state index contributed by atoms with van der Waals surface area (Å²) in [6, 6.07) is 19.2. The van der Waals surface area contributed by atoms with Crippen molar-refractivity contribution in [2.24, 2.45) is 0 Å². The third-order valence-electron chi connectivity index (χ3n) is 3.60. The smallest absolute Gasteiger partial charge is 0.134 e. The van der Waals surface area contributed by atoms with Gasteiger partial charge in [-0.1, -0.05) is 54.1 Å². The summed E-state index contributed by atoms with van der Waals surface area (Å²) in [5.74, 6) is 0.941. The van der Waals surface area contributed by atoms with Gasteiger partial charge in [0.25, 0.3) is 0 Å². The number of aryl methyl sites for hydroxylation is 1. The van der Waals surface area contributed by atoms with Crippen molar-refractivity contribution in [3.8, 4) is 0 Å². The van der Waals surface area contributed by atoms with Gasteiger partial charge in [-0.15, -0.1) is 0 Å². The Kier molecular flexibility index (Phi) is 3.38. The van der Waals surface area contributed by atoms with Crippen LogP contribution in [0.3, 0.4) is 0 Å². The lowest BCUT2D eigenvalue weighted by molar-refractivity contribution is 0.877. The third-order valence-corrected chi connectivity index (χ3v) is 3.60. The van der Waals surface area contributed by atoms with E-state index in [1.165, 1.54) is 16.5 Å². The van der Waals surface area contributed by atoms with Crippen LogP contribution in [0.1, 0.15) is 24.1 Å². The van der Waals surface area contributed by atoms with Crippen molar-refractivity contribution in [3.05, 3.63) is 71.9 Å². The van der Waals surface area contributed by atoms with Crippen LogP contribution in [-0.2, 0) is 0 Å². The summed E-state index contributed by atoms with van der Waals surface area (Å²) in [5, 5.41) is 5.88. The molecule has 0 saturated carbocycles. The predicted octanol–water partition coefficient (Wildman–Crippen LogP) is 4.72. The second kappa shape index (κ2) is 5.33. The number of anilines is 1. The molecule has 1 unspecified atom stereocenters. The van der Waals surface area contributed by atoms with E-state index < -0.39 is 0 Å². The average molecular weight is 262 g/mol. The van der Waals surface area contributed by atoms with Crippen molar-refractivity contribution in [2.75, 3.05) is 5.32 Å². The lowest BCUT2D eigenvalue weighted by Gasteiger charge is -2.16. The van der Waals surface area contributed by atoms with E-state index in [0.29, 0.717) is 0 Å². The van der Waals surface area contributed by atoms with Gasteiger partial charge in [-0.2, -0.15) is 0 Å². The topological polar surface area (TPSA) is 24.9 Å². The fourth-order valence-corrected chi connectivity index (χ4v) is 2.38. The van der Waals surface area contributed by atoms with Crippen molar-refractivity contribution >= 4 is 16.6 Å². The van der Waals surface area contributed by atoms with Gasteiger partial charge >= 0.3 is 0 Å². The van der Waals surface area contributed by atoms with E-state index in [2.05, 4.69) is 66.6 Å². The van der Waals surface area contributed by atoms with Crippen molar-refractivity contribution in [1.82, 2.24) is 4.98 Å². The highest BCUT2D eigenvalue weighted by Crippen LogP contribution is 2.24. The van der Waals surface area contributed by atoms with Crippen molar-refractivity contribution in [2.45, 2.75) is 19.9 Å². The number of fused-ring (bicyclic) bond motifs is 1. The SMILES string of the molecule is Cc1ccc(C(C)Nc2nccc3ccccc23)cc1. The Bertz CT molecular complexity index is 712. The van der Waals surface area contributed by atoms with Crippen LogP contribution >= 0.6 is 0 Å². The zero-order valence-electron chi connectivity index (χ0n) is 11.8. The summed E-state index contributed by atoms with van der Waals surface area (Å²) in [4.78, 5) is 4.48. The zero-order chi connectivity index (χ0) is 13.9. The monoisotopic (exact) mass is 262 g/mol. The molecular formula is C18H18N2. The van der Waals surface area contributed by atoms with Gasteiger partial charge in [0.2, 0.25) is 0 Å². The number of benzene rings is 2. The van der Waals surface area contributed by atoms with Gasteiger partial charge in [0, 0.05) is 17.6 Å². The zero-order valence-corrected chi connectivity index (χ0v) is 11.8. The van der Waals surface area contributed by atoms with Crippen LogP contribution in [0.25, 0.3) is 10.8 Å². The Morgan fingerprint density at radius 3 is 2.50 bits per heavy atom. The minimum atomic E-state index is 0.230. The normalized spacial score (nSPS) is 12.3. The first-order valence-electron chi connectivity index (χ1n) is 6.91. The highest BCUT2D eigenvalue weighted by molar-refractivity contribution is 5.91. The molecule has 100 valence electrons. The predicted molar refractivity (Wildman–Crippen MR) is 85.0 cm³/mol. The molecule has 0 bridgehead atoms. The molecule has 0 aliphatic heterocycles. The molecule has 3 aromatic rings. The molecule has 1 atom stereocenters. The molecule has 0 spiro atoms. The summed E-state index contributed by atoms with van der Waals surface area (Å²) in [5.41, 5.74) is 2.55. The molecule has 2 heteroatoms. The number of hydrogen-bond acceptors (Lipinski definition) is 2. The maximum atomic E-state index is 4.48. The first-order valence-corrected chi connectivity index (χ1v) is 6.91. The van der Waals surface area contributed by atoms with Crippen LogP contribution < -0.4 is 5.32 Å². The number of hydrogen-bond donors (Lipinski definition) is 1. The first kappa shape index (κ1) is 12.7. The van der Waals surface area contributed by atoms with Crippen LogP contribution in [0.5, 0.6) is 0 Å². The van der Waals surface area contributed by atoms with Gasteiger partial charge in [0.05, 0.1) is 0 Å². The second-order valence-electron chi connectivity index (χ2n) is 5.16. The molecule has 0 aliphatic rings. The summed E-state index contributed by atoms with van der Waals surface area (Å²) >= 11 is 0. The lowest BCUT2D eigenvalue weighted by Crippen LogP contribution is -2.08. The van der Waals surface area contributed by atoms with Crippen LogP contribution in [0.15, 0.2) is 60.8 Å². The van der Waals surface area contributed by atoms with Gasteiger partial charge in [-0.25, -0.2) is 4.98 Å². The summed E-state index contributed by atoms with van der Waals surface area (Å²) in [6.07, 6.45) is 1.85. The molecule has 0 amide bonds. The maximum Gasteiger partial charge on any atom is 0.134 e. The summed E-state index contributed by atoms with van der Waals surface area (Å²) < 4.78 is 0. The Balaban J connectivity index is 1.91. The fourth-order valence-electron chi connectivity index (χ4n) is 2.38. The molecule has 2 nitrogen and oxygen atoms in total. The molecule has 2 aromatic carbocycles. The minimum Gasteiger partial charge on any atom is -0.363 e. The van der Waals surface area contributed by atoms with Crippen molar-refractivity contribution < 1.29 is 0 Å². The van der Waals surface area contributed by atoms with Gasteiger partial charge < -0.3 is 5.32 Å². The van der Waals surface area contributed by atoms with E-state index in [1.54, 1.807) is 0 Å². The van der Waals surface area contributed by atoms with Crippen LogP contribution in [0.4, 0.5) is 5.82 Å². The van der Waals surface area contributed by atoms with Crippen LogP contribution in [0.2, 0.25) is 0 Å². The molecule has 0 aliphatic carbocycles. The maximum absolute atomic E-state index is 4.48. The largest absolute Gasteiger partial charge is 0.363 e. The average Bonchev–Trinajstić information content (AvgIpc) is 2.48. The van der Waals surface area contributed by atoms with E-state index in [4.69, 9.17) is 0 Å². The molecular weight excluding hydrogens is 244 g/mol. The number of aromatic nitrogens is 1. The van der Waals surface area contributed by atoms with E-state index in [1.807, 2.05) is 18.3 Å². The molecule has 1 N–H and O–H groups in total. The lowest BCUT2D eigenvalue weighted by atomic mass is 10.1. The molecule has 1 aromatic heterocycles. The van der Waals surface area contributed by atoms with E-state index in [9.17, 15) is 0 Å². The Morgan fingerprint density at radius 2 is 1.70 bits per heavy atom. The van der Waals surface area contributed by atoms with Crippen LogP contribution in [0, 0.1) is 6.92 Å². The highest BCUT2D eigenvalue weighted by Gasteiger charge is 2.08. The van der Waals surface area contributed by atoms with E-state index in [-0.39, 0.29) is 6.04 Å². The fraction of sp³-hybridized carbons (Fsp3) is 0.167. The number of nitrogens with one attached hydrogen (secondary N) is 1. The summed E-state index contributed by atoms with van der Waals surface area (Å²) in [6.45, 7) is 4.27. The van der Waals surface area contributed by atoms with Gasteiger partial charge in [-0.05, 0) is 30.9 Å². The Morgan fingerprint density at radius 1 is 0.950 bits per heavy atom. The van der Waals surface area contributed by atoms with Gasteiger partial charge in [0.15, 0.2) is 0 Å². The molecule has 1 heterocycles.